The first-order valence-corrected chi connectivity index (χ1v) is 6.56. The van der Waals surface area contributed by atoms with Gasteiger partial charge in [-0.1, -0.05) is 60.7 Å². The Morgan fingerprint density at radius 3 is 1.33 bits per heavy atom. The van der Waals surface area contributed by atoms with Crippen molar-refractivity contribution in [3.63, 3.8) is 0 Å². The summed E-state index contributed by atoms with van der Waals surface area (Å²) in [6, 6.07) is 19.8. The molecule has 0 aliphatic rings. The van der Waals surface area contributed by atoms with Gasteiger partial charge in [-0.2, -0.15) is 0 Å². The summed E-state index contributed by atoms with van der Waals surface area (Å²) >= 11 is 0. The molecular formula is C20H12O. The Hall–Kier alpha value is -3.16. The Morgan fingerprint density at radius 2 is 1.00 bits per heavy atom. The van der Waals surface area contributed by atoms with E-state index in [1.165, 1.54) is 0 Å². The van der Waals surface area contributed by atoms with Crippen LogP contribution in [0.1, 0.15) is 11.5 Å². The molecule has 1 heterocycles. The molecule has 0 saturated carbocycles. The van der Waals surface area contributed by atoms with Crippen LogP contribution in [0.5, 0.6) is 0 Å². The summed E-state index contributed by atoms with van der Waals surface area (Å²) in [5.41, 5.74) is 3.73. The highest BCUT2D eigenvalue weighted by molar-refractivity contribution is 5.89. The molecule has 0 aliphatic heterocycles. The Morgan fingerprint density at radius 1 is 0.619 bits per heavy atom. The highest BCUT2D eigenvalue weighted by Gasteiger charge is 2.20. The number of benzene rings is 2. The molecule has 98 valence electrons. The molecule has 1 heteroatoms. The Labute approximate surface area is 124 Å². The van der Waals surface area contributed by atoms with Crippen LogP contribution >= 0.6 is 0 Å². The van der Waals surface area contributed by atoms with Crippen LogP contribution in [-0.4, -0.2) is 0 Å². The molecule has 0 N–H and O–H groups in total. The van der Waals surface area contributed by atoms with E-state index >= 15 is 0 Å². The van der Waals surface area contributed by atoms with Crippen molar-refractivity contribution in [2.75, 3.05) is 0 Å². The lowest BCUT2D eigenvalue weighted by atomic mass is 9.95. The first kappa shape index (κ1) is 12.9. The lowest BCUT2D eigenvalue weighted by Crippen LogP contribution is -1.84. The van der Waals surface area contributed by atoms with Crippen molar-refractivity contribution >= 4 is 0 Å². The molecule has 2 aromatic carbocycles. The smallest absolute Gasteiger partial charge is 0.186 e. The fraction of sp³-hybridized carbons (Fsp3) is 0. The Balaban J connectivity index is 2.36. The Bertz CT molecular complexity index is 769. The van der Waals surface area contributed by atoms with Crippen LogP contribution in [-0.2, 0) is 0 Å². The minimum atomic E-state index is 0.466. The molecular weight excluding hydrogens is 256 g/mol. The van der Waals surface area contributed by atoms with Gasteiger partial charge in [0.15, 0.2) is 11.5 Å². The summed E-state index contributed by atoms with van der Waals surface area (Å²) in [7, 11) is 0. The van der Waals surface area contributed by atoms with E-state index in [0.717, 1.165) is 22.3 Å². The third kappa shape index (κ3) is 2.22. The first-order chi connectivity index (χ1) is 10.3. The Kier molecular flexibility index (Phi) is 3.34. The summed E-state index contributed by atoms with van der Waals surface area (Å²) < 4.78 is 5.68. The van der Waals surface area contributed by atoms with Gasteiger partial charge in [-0.15, -0.1) is 12.8 Å². The largest absolute Gasteiger partial charge is 0.438 e. The van der Waals surface area contributed by atoms with E-state index in [1.54, 1.807) is 0 Å². The lowest BCUT2D eigenvalue weighted by Gasteiger charge is -2.05. The average Bonchev–Trinajstić information content (AvgIpc) is 2.95. The van der Waals surface area contributed by atoms with Crippen molar-refractivity contribution < 1.29 is 4.42 Å². The maximum Gasteiger partial charge on any atom is 0.186 e. The third-order valence-corrected chi connectivity index (χ3v) is 3.30. The zero-order chi connectivity index (χ0) is 14.7. The molecule has 3 rings (SSSR count). The van der Waals surface area contributed by atoms with Crippen molar-refractivity contribution in [3.05, 3.63) is 72.2 Å². The van der Waals surface area contributed by atoms with Crippen molar-refractivity contribution in [2.24, 2.45) is 0 Å². The first-order valence-electron chi connectivity index (χ1n) is 6.56. The van der Waals surface area contributed by atoms with Gasteiger partial charge in [-0.25, -0.2) is 0 Å². The number of rotatable bonds is 2. The molecule has 0 fully saturated rings. The van der Waals surface area contributed by atoms with Gasteiger partial charge in [0.1, 0.15) is 0 Å². The van der Waals surface area contributed by atoms with Gasteiger partial charge in [-0.3, -0.25) is 0 Å². The van der Waals surface area contributed by atoms with Gasteiger partial charge in [0.25, 0.3) is 0 Å². The van der Waals surface area contributed by atoms with Crippen molar-refractivity contribution in [1.82, 2.24) is 0 Å². The van der Waals surface area contributed by atoms with Crippen molar-refractivity contribution in [2.45, 2.75) is 0 Å². The van der Waals surface area contributed by atoms with Gasteiger partial charge < -0.3 is 4.42 Å². The molecule has 0 saturated heterocycles. The van der Waals surface area contributed by atoms with Gasteiger partial charge in [0, 0.05) is 11.1 Å². The summed E-state index contributed by atoms with van der Waals surface area (Å²) in [4.78, 5) is 0. The molecule has 0 atom stereocenters. The molecule has 0 radical (unpaired) electrons. The quantitative estimate of drug-likeness (QED) is 0.620. The van der Waals surface area contributed by atoms with E-state index in [2.05, 4.69) is 11.8 Å². The minimum absolute atomic E-state index is 0.466. The molecule has 0 bridgehead atoms. The van der Waals surface area contributed by atoms with E-state index in [1.807, 2.05) is 60.7 Å². The van der Waals surface area contributed by atoms with E-state index in [9.17, 15) is 0 Å². The third-order valence-electron chi connectivity index (χ3n) is 3.30. The SMILES string of the molecule is C#Cc1oc(C#C)c(-c2ccccc2)c1-c1ccccc1. The van der Waals surface area contributed by atoms with Crippen LogP contribution in [0.2, 0.25) is 0 Å². The van der Waals surface area contributed by atoms with Crippen molar-refractivity contribution in [3.8, 4) is 46.9 Å². The van der Waals surface area contributed by atoms with Crippen LogP contribution in [0.25, 0.3) is 22.3 Å². The van der Waals surface area contributed by atoms with Crippen LogP contribution in [0.3, 0.4) is 0 Å². The molecule has 1 nitrogen and oxygen atoms in total. The summed E-state index contributed by atoms with van der Waals surface area (Å²) in [5, 5.41) is 0. The molecule has 1 aromatic heterocycles. The number of furan rings is 1. The highest BCUT2D eigenvalue weighted by Crippen LogP contribution is 2.39. The van der Waals surface area contributed by atoms with Gasteiger partial charge in [0.2, 0.25) is 0 Å². The maximum atomic E-state index is 5.68. The van der Waals surface area contributed by atoms with Crippen LogP contribution in [0, 0.1) is 24.7 Å². The van der Waals surface area contributed by atoms with Crippen LogP contribution < -0.4 is 0 Å². The molecule has 0 aliphatic carbocycles. The van der Waals surface area contributed by atoms with E-state index in [-0.39, 0.29) is 0 Å². The maximum absolute atomic E-state index is 5.68. The second-order valence-electron chi connectivity index (χ2n) is 4.53. The fourth-order valence-electron chi connectivity index (χ4n) is 2.39. The summed E-state index contributed by atoms with van der Waals surface area (Å²) in [6.07, 6.45) is 11.2. The van der Waals surface area contributed by atoms with Crippen molar-refractivity contribution in [1.29, 1.82) is 0 Å². The second-order valence-corrected chi connectivity index (χ2v) is 4.53. The summed E-state index contributed by atoms with van der Waals surface area (Å²) in [5.74, 6) is 6.12. The normalized spacial score (nSPS) is 9.81. The van der Waals surface area contributed by atoms with Gasteiger partial charge in [0.05, 0.1) is 0 Å². The van der Waals surface area contributed by atoms with E-state index in [0.29, 0.717) is 11.5 Å². The van der Waals surface area contributed by atoms with Crippen LogP contribution in [0.4, 0.5) is 0 Å². The topological polar surface area (TPSA) is 13.1 Å². The molecule has 0 spiro atoms. The van der Waals surface area contributed by atoms with Gasteiger partial charge >= 0.3 is 0 Å². The predicted octanol–water partition coefficient (Wildman–Crippen LogP) is 4.58. The zero-order valence-corrected chi connectivity index (χ0v) is 11.3. The predicted molar refractivity (Wildman–Crippen MR) is 85.5 cm³/mol. The van der Waals surface area contributed by atoms with E-state index in [4.69, 9.17) is 17.3 Å². The highest BCUT2D eigenvalue weighted by atomic mass is 16.3. The number of terminal acetylenes is 2. The fourth-order valence-corrected chi connectivity index (χ4v) is 2.39. The number of hydrogen-bond acceptors (Lipinski definition) is 1. The molecule has 21 heavy (non-hydrogen) atoms. The molecule has 0 amide bonds. The van der Waals surface area contributed by atoms with Gasteiger partial charge in [-0.05, 0) is 23.0 Å². The summed E-state index contributed by atoms with van der Waals surface area (Å²) in [6.45, 7) is 0. The van der Waals surface area contributed by atoms with E-state index < -0.39 is 0 Å². The average molecular weight is 268 g/mol. The van der Waals surface area contributed by atoms with Crippen LogP contribution in [0.15, 0.2) is 65.1 Å². The zero-order valence-electron chi connectivity index (χ0n) is 11.3. The molecule has 0 unspecified atom stereocenters. The molecule has 3 aromatic rings. The lowest BCUT2D eigenvalue weighted by molar-refractivity contribution is 0.544. The number of hydrogen-bond donors (Lipinski definition) is 0. The second kappa shape index (κ2) is 5.45. The monoisotopic (exact) mass is 268 g/mol. The standard InChI is InChI=1S/C20H12O/c1-3-17-19(15-11-7-5-8-12-15)20(18(4-2)21-17)16-13-9-6-10-14-16/h1-2,5-14H. The minimum Gasteiger partial charge on any atom is -0.438 e.